The van der Waals surface area contributed by atoms with Crippen LogP contribution in [0.4, 0.5) is 0 Å². The molecule has 1 aliphatic heterocycles. The van der Waals surface area contributed by atoms with Gasteiger partial charge in [0.05, 0.1) is 12.2 Å². The molecule has 0 unspecified atom stereocenters. The van der Waals surface area contributed by atoms with Crippen LogP contribution in [0.2, 0.25) is 0 Å². The summed E-state index contributed by atoms with van der Waals surface area (Å²) in [6.45, 7) is 0. The van der Waals surface area contributed by atoms with E-state index in [4.69, 9.17) is 14.6 Å². The second kappa shape index (κ2) is 9.91. The molecular formula is C22H28O7. The lowest BCUT2D eigenvalue weighted by atomic mass is 9.89. The van der Waals surface area contributed by atoms with Crippen LogP contribution in [0.25, 0.3) is 0 Å². The largest absolute Gasteiger partial charge is 0.481 e. The average Bonchev–Trinajstić information content (AvgIpc) is 3.23. The van der Waals surface area contributed by atoms with Crippen molar-refractivity contribution < 1.29 is 34.7 Å². The van der Waals surface area contributed by atoms with Crippen molar-refractivity contribution in [3.63, 3.8) is 0 Å². The van der Waals surface area contributed by atoms with Gasteiger partial charge in [0, 0.05) is 18.8 Å². The highest BCUT2D eigenvalue weighted by atomic mass is 16.7. The number of aliphatic hydroxyl groups excluding tert-OH is 3. The Morgan fingerprint density at radius 3 is 2.48 bits per heavy atom. The molecule has 3 rings (SSSR count). The molecule has 0 radical (unpaired) electrons. The summed E-state index contributed by atoms with van der Waals surface area (Å²) in [4.78, 5) is 10.5. The molecule has 158 valence electrons. The van der Waals surface area contributed by atoms with Gasteiger partial charge in [-0.05, 0) is 37.3 Å². The predicted molar refractivity (Wildman–Crippen MR) is 105 cm³/mol. The van der Waals surface area contributed by atoms with Gasteiger partial charge in [0.2, 0.25) is 0 Å². The minimum Gasteiger partial charge on any atom is -0.481 e. The van der Waals surface area contributed by atoms with Crippen LogP contribution in [0.15, 0.2) is 48.6 Å². The Hall–Kier alpha value is -2.35. The molecule has 29 heavy (non-hydrogen) atoms. The number of rotatable bonds is 9. The van der Waals surface area contributed by atoms with Gasteiger partial charge >= 0.3 is 5.97 Å². The number of para-hydroxylation sites is 2. The lowest BCUT2D eigenvalue weighted by molar-refractivity contribution is -0.137. The maximum Gasteiger partial charge on any atom is 0.303 e. The van der Waals surface area contributed by atoms with Gasteiger partial charge in [-0.1, -0.05) is 36.4 Å². The molecule has 1 aromatic rings. The summed E-state index contributed by atoms with van der Waals surface area (Å²) in [5, 5.41) is 39.6. The number of carboxylic acids is 1. The van der Waals surface area contributed by atoms with E-state index in [0.717, 1.165) is 0 Å². The van der Waals surface area contributed by atoms with E-state index in [1.807, 2.05) is 24.3 Å². The number of allylic oxidation sites excluding steroid dienone is 2. The van der Waals surface area contributed by atoms with Crippen molar-refractivity contribution in [1.82, 2.24) is 0 Å². The first-order chi connectivity index (χ1) is 14.0. The lowest BCUT2D eigenvalue weighted by Gasteiger charge is -2.20. The zero-order valence-corrected chi connectivity index (χ0v) is 16.1. The number of carboxylic acid groups (broad SMARTS) is 1. The maximum absolute atomic E-state index is 10.5. The summed E-state index contributed by atoms with van der Waals surface area (Å²) in [5.41, 5.74) is 0. The van der Waals surface area contributed by atoms with E-state index in [0.29, 0.717) is 30.8 Å². The number of unbranched alkanes of at least 4 members (excludes halogenated alkanes) is 1. The topological polar surface area (TPSA) is 116 Å². The van der Waals surface area contributed by atoms with Crippen molar-refractivity contribution in [2.24, 2.45) is 11.8 Å². The third-order valence-corrected chi connectivity index (χ3v) is 5.40. The number of aliphatic carboxylic acids is 1. The van der Waals surface area contributed by atoms with Crippen molar-refractivity contribution in [2.45, 2.75) is 56.7 Å². The van der Waals surface area contributed by atoms with Crippen LogP contribution in [0.5, 0.6) is 11.5 Å². The number of carbonyl (C=O) groups is 1. The van der Waals surface area contributed by atoms with Crippen LogP contribution < -0.4 is 9.47 Å². The molecule has 1 fully saturated rings. The molecule has 4 N–H and O–H groups in total. The van der Waals surface area contributed by atoms with E-state index in [9.17, 15) is 20.1 Å². The first kappa shape index (κ1) is 21.4. The van der Waals surface area contributed by atoms with Crippen molar-refractivity contribution >= 4 is 5.97 Å². The SMILES string of the molecule is O=C(O)CCC/C=C\C[C@@H]1[C@@H](/C=C/[C@H](O)C2Oc3ccccc3O2)[C@H](O)C[C@@H]1O. The van der Waals surface area contributed by atoms with Crippen molar-refractivity contribution in [1.29, 1.82) is 0 Å². The molecular weight excluding hydrogens is 376 g/mol. The molecule has 0 spiro atoms. The first-order valence-corrected chi connectivity index (χ1v) is 9.97. The number of benzene rings is 1. The molecule has 1 heterocycles. The zero-order valence-electron chi connectivity index (χ0n) is 16.1. The van der Waals surface area contributed by atoms with E-state index in [2.05, 4.69) is 0 Å². The van der Waals surface area contributed by atoms with Crippen LogP contribution in [0, 0.1) is 11.8 Å². The Morgan fingerprint density at radius 1 is 1.14 bits per heavy atom. The standard InChI is InChI=1S/C22H28O7/c23-16(22-28-19-8-5-6-9-20(19)29-22)12-11-15-14(17(24)13-18(15)25)7-3-1-2-4-10-21(26)27/h1,3,5-6,8-9,11-12,14-18,22-25H,2,4,7,10,13H2,(H,26,27)/b3-1-,12-11+/t14-,15-,16+,17+,18-/m1/s1. The number of ether oxygens (including phenoxy) is 2. The smallest absolute Gasteiger partial charge is 0.303 e. The van der Waals surface area contributed by atoms with Crippen LogP contribution in [-0.2, 0) is 4.79 Å². The Balaban J connectivity index is 1.53. The van der Waals surface area contributed by atoms with Gasteiger partial charge in [0.1, 0.15) is 6.10 Å². The predicted octanol–water partition coefficient (Wildman–Crippen LogP) is 2.26. The van der Waals surface area contributed by atoms with Gasteiger partial charge in [0.25, 0.3) is 6.29 Å². The molecule has 1 saturated carbocycles. The summed E-state index contributed by atoms with van der Waals surface area (Å²) < 4.78 is 11.2. The van der Waals surface area contributed by atoms with Gasteiger partial charge in [-0.3, -0.25) is 4.79 Å². The summed E-state index contributed by atoms with van der Waals surface area (Å²) in [5.74, 6) is -0.131. The van der Waals surface area contributed by atoms with Gasteiger partial charge in [-0.25, -0.2) is 0 Å². The van der Waals surface area contributed by atoms with Crippen LogP contribution in [-0.4, -0.2) is 51.0 Å². The van der Waals surface area contributed by atoms with Crippen molar-refractivity contribution in [3.8, 4) is 11.5 Å². The van der Waals surface area contributed by atoms with Crippen molar-refractivity contribution in [3.05, 3.63) is 48.6 Å². The van der Waals surface area contributed by atoms with E-state index < -0.39 is 30.6 Å². The van der Waals surface area contributed by atoms with Crippen LogP contribution >= 0.6 is 0 Å². The van der Waals surface area contributed by atoms with E-state index >= 15 is 0 Å². The summed E-state index contributed by atoms with van der Waals surface area (Å²) in [7, 11) is 0. The number of hydrogen-bond donors (Lipinski definition) is 4. The molecule has 0 aromatic heterocycles. The Kier molecular flexibility index (Phi) is 7.30. The normalized spacial score (nSPS) is 27.8. The molecule has 0 bridgehead atoms. The first-order valence-electron chi connectivity index (χ1n) is 9.97. The van der Waals surface area contributed by atoms with Gasteiger partial charge in [0.15, 0.2) is 11.5 Å². The second-order valence-electron chi connectivity index (χ2n) is 7.53. The maximum atomic E-state index is 10.5. The summed E-state index contributed by atoms with van der Waals surface area (Å²) in [6.07, 6.45) is 6.13. The highest BCUT2D eigenvalue weighted by molar-refractivity contribution is 5.66. The third-order valence-electron chi connectivity index (χ3n) is 5.40. The number of hydrogen-bond acceptors (Lipinski definition) is 6. The molecule has 1 aliphatic carbocycles. The van der Waals surface area contributed by atoms with Crippen molar-refractivity contribution in [2.75, 3.05) is 0 Å². The van der Waals surface area contributed by atoms with Gasteiger partial charge < -0.3 is 29.9 Å². The molecule has 0 amide bonds. The Bertz CT molecular complexity index is 719. The lowest BCUT2D eigenvalue weighted by Crippen LogP contribution is -2.32. The fourth-order valence-corrected chi connectivity index (χ4v) is 3.84. The van der Waals surface area contributed by atoms with E-state index in [-0.39, 0.29) is 24.7 Å². The Labute approximate surface area is 169 Å². The van der Waals surface area contributed by atoms with E-state index in [1.165, 1.54) is 0 Å². The zero-order chi connectivity index (χ0) is 20.8. The number of aliphatic hydroxyl groups is 3. The van der Waals surface area contributed by atoms with E-state index in [1.54, 1.807) is 24.3 Å². The average molecular weight is 404 g/mol. The second-order valence-corrected chi connectivity index (χ2v) is 7.53. The highest BCUT2D eigenvalue weighted by Crippen LogP contribution is 2.37. The Morgan fingerprint density at radius 2 is 1.83 bits per heavy atom. The molecule has 0 saturated heterocycles. The molecule has 7 nitrogen and oxygen atoms in total. The number of fused-ring (bicyclic) bond motifs is 1. The third kappa shape index (κ3) is 5.59. The summed E-state index contributed by atoms with van der Waals surface area (Å²) >= 11 is 0. The highest BCUT2D eigenvalue weighted by Gasteiger charge is 2.39. The van der Waals surface area contributed by atoms with Gasteiger partial charge in [-0.2, -0.15) is 0 Å². The minimum absolute atomic E-state index is 0.132. The monoisotopic (exact) mass is 404 g/mol. The fraction of sp³-hybridized carbons (Fsp3) is 0.500. The molecule has 1 aromatic carbocycles. The fourth-order valence-electron chi connectivity index (χ4n) is 3.84. The van der Waals surface area contributed by atoms with Crippen LogP contribution in [0.3, 0.4) is 0 Å². The van der Waals surface area contributed by atoms with Gasteiger partial charge in [-0.15, -0.1) is 0 Å². The molecule has 7 heteroatoms. The quantitative estimate of drug-likeness (QED) is 0.368. The van der Waals surface area contributed by atoms with Crippen LogP contribution in [0.1, 0.15) is 32.1 Å². The minimum atomic E-state index is -1.01. The summed E-state index contributed by atoms with van der Waals surface area (Å²) in [6, 6.07) is 7.18. The molecule has 2 aliphatic rings. The molecule has 5 atom stereocenters.